The van der Waals surface area contributed by atoms with Crippen molar-refractivity contribution in [1.29, 1.82) is 0 Å². The van der Waals surface area contributed by atoms with Crippen molar-refractivity contribution >= 4 is 27.3 Å². The van der Waals surface area contributed by atoms with E-state index in [2.05, 4.69) is 9.71 Å². The Balaban J connectivity index is 1.35. The summed E-state index contributed by atoms with van der Waals surface area (Å²) in [4.78, 5) is 18.7. The maximum absolute atomic E-state index is 13.0. The van der Waals surface area contributed by atoms with Gasteiger partial charge in [0.2, 0.25) is 10.0 Å². The number of aromatic nitrogens is 1. The van der Waals surface area contributed by atoms with Crippen LogP contribution >= 0.6 is 11.3 Å². The highest BCUT2D eigenvalue weighted by Crippen LogP contribution is 2.25. The molecule has 3 heterocycles. The molecule has 1 saturated heterocycles. The predicted molar refractivity (Wildman–Crippen MR) is 105 cm³/mol. The number of carbonyl (C=O) groups excluding carboxylic acids is 1. The van der Waals surface area contributed by atoms with Crippen molar-refractivity contribution < 1.29 is 22.0 Å². The number of sulfonamides is 1. The summed E-state index contributed by atoms with van der Waals surface area (Å²) >= 11 is 1.34. The number of halogens is 1. The van der Waals surface area contributed by atoms with Crippen LogP contribution in [-0.2, 0) is 10.0 Å². The maximum atomic E-state index is 13.0. The molecule has 1 aromatic carbocycles. The molecule has 1 fully saturated rings. The average Bonchev–Trinajstić information content (AvgIpc) is 3.40. The zero-order chi connectivity index (χ0) is 20.4. The van der Waals surface area contributed by atoms with Gasteiger partial charge in [0.05, 0.1) is 11.2 Å². The Morgan fingerprint density at radius 3 is 2.59 bits per heavy atom. The third kappa shape index (κ3) is 4.39. The lowest BCUT2D eigenvalue weighted by Crippen LogP contribution is -2.46. The first-order chi connectivity index (χ1) is 13.9. The molecule has 0 radical (unpaired) electrons. The van der Waals surface area contributed by atoms with Crippen LogP contribution in [0.15, 0.2) is 57.4 Å². The molecule has 0 spiro atoms. The lowest BCUT2D eigenvalue weighted by Gasteiger charge is -2.31. The van der Waals surface area contributed by atoms with Gasteiger partial charge in [-0.1, -0.05) is 0 Å². The SMILES string of the molecule is O=C(c1csc(-c2ccco2)n1)N1CCC(NS(=O)(=O)c2ccc(F)cc2)CC1. The number of nitrogens with one attached hydrogen (secondary N) is 1. The number of benzene rings is 1. The number of hydrogen-bond acceptors (Lipinski definition) is 6. The van der Waals surface area contributed by atoms with Gasteiger partial charge in [-0.15, -0.1) is 11.3 Å². The summed E-state index contributed by atoms with van der Waals surface area (Å²) in [6.07, 6.45) is 2.53. The fourth-order valence-corrected chi connectivity index (χ4v) is 5.21. The molecule has 2 aromatic heterocycles. The van der Waals surface area contributed by atoms with E-state index >= 15 is 0 Å². The number of hydrogen-bond donors (Lipinski definition) is 1. The fraction of sp³-hybridized carbons (Fsp3) is 0.263. The lowest BCUT2D eigenvalue weighted by atomic mass is 10.1. The molecule has 29 heavy (non-hydrogen) atoms. The molecule has 1 aliphatic heterocycles. The number of carbonyl (C=O) groups is 1. The number of likely N-dealkylation sites (tertiary alicyclic amines) is 1. The minimum Gasteiger partial charge on any atom is -0.462 e. The number of thiazole rings is 1. The first-order valence-electron chi connectivity index (χ1n) is 8.99. The van der Waals surface area contributed by atoms with Gasteiger partial charge in [-0.25, -0.2) is 22.5 Å². The van der Waals surface area contributed by atoms with Crippen molar-refractivity contribution in [3.63, 3.8) is 0 Å². The van der Waals surface area contributed by atoms with E-state index < -0.39 is 15.8 Å². The highest BCUT2D eigenvalue weighted by Gasteiger charge is 2.28. The summed E-state index contributed by atoms with van der Waals surface area (Å²) in [6, 6.07) is 7.94. The summed E-state index contributed by atoms with van der Waals surface area (Å²) in [6.45, 7) is 0.839. The molecule has 7 nitrogen and oxygen atoms in total. The first-order valence-corrected chi connectivity index (χ1v) is 11.4. The molecule has 10 heteroatoms. The van der Waals surface area contributed by atoms with Gasteiger partial charge in [-0.3, -0.25) is 4.79 Å². The Bertz CT molecular complexity index is 1090. The topological polar surface area (TPSA) is 92.5 Å². The van der Waals surface area contributed by atoms with Gasteiger partial charge >= 0.3 is 0 Å². The van der Waals surface area contributed by atoms with Crippen molar-refractivity contribution in [3.05, 3.63) is 59.6 Å². The molecule has 0 atom stereocenters. The number of piperidine rings is 1. The zero-order valence-corrected chi connectivity index (χ0v) is 16.9. The van der Waals surface area contributed by atoms with Gasteiger partial charge in [-0.05, 0) is 49.2 Å². The number of amides is 1. The van der Waals surface area contributed by atoms with Crippen LogP contribution in [0.4, 0.5) is 4.39 Å². The molecule has 0 unspecified atom stereocenters. The highest BCUT2D eigenvalue weighted by atomic mass is 32.2. The summed E-state index contributed by atoms with van der Waals surface area (Å²) in [5.41, 5.74) is 0.353. The van der Waals surface area contributed by atoms with E-state index in [0.717, 1.165) is 12.1 Å². The van der Waals surface area contributed by atoms with E-state index in [1.54, 1.807) is 28.7 Å². The first kappa shape index (κ1) is 19.7. The van der Waals surface area contributed by atoms with Crippen LogP contribution in [0.5, 0.6) is 0 Å². The molecular weight excluding hydrogens is 417 g/mol. The van der Waals surface area contributed by atoms with Crippen LogP contribution in [0.1, 0.15) is 23.3 Å². The van der Waals surface area contributed by atoms with Crippen molar-refractivity contribution in [1.82, 2.24) is 14.6 Å². The van der Waals surface area contributed by atoms with Crippen LogP contribution in [0.2, 0.25) is 0 Å². The normalized spacial score (nSPS) is 15.6. The van der Waals surface area contributed by atoms with E-state index in [1.165, 1.54) is 23.5 Å². The van der Waals surface area contributed by atoms with Gasteiger partial charge < -0.3 is 9.32 Å². The number of nitrogens with zero attached hydrogens (tertiary/aromatic N) is 2. The van der Waals surface area contributed by atoms with E-state index in [4.69, 9.17) is 4.42 Å². The smallest absolute Gasteiger partial charge is 0.273 e. The second-order valence-corrected chi connectivity index (χ2v) is 9.23. The predicted octanol–water partition coefficient (Wildman–Crippen LogP) is 3.13. The Hall–Kier alpha value is -2.56. The van der Waals surface area contributed by atoms with E-state index in [9.17, 15) is 17.6 Å². The molecule has 4 rings (SSSR count). The molecular formula is C19H18FN3O4S2. The highest BCUT2D eigenvalue weighted by molar-refractivity contribution is 7.89. The van der Waals surface area contributed by atoms with E-state index in [-0.39, 0.29) is 16.8 Å². The molecule has 1 amide bonds. The minimum atomic E-state index is -3.73. The average molecular weight is 436 g/mol. The van der Waals surface area contributed by atoms with E-state index in [0.29, 0.717) is 42.4 Å². The molecule has 0 bridgehead atoms. The van der Waals surface area contributed by atoms with Crippen LogP contribution < -0.4 is 4.72 Å². The second kappa shape index (κ2) is 8.05. The van der Waals surface area contributed by atoms with Crippen LogP contribution in [0.3, 0.4) is 0 Å². The van der Waals surface area contributed by atoms with Gasteiger partial charge in [0.25, 0.3) is 5.91 Å². The van der Waals surface area contributed by atoms with Crippen molar-refractivity contribution in [3.8, 4) is 10.8 Å². The van der Waals surface area contributed by atoms with Crippen LogP contribution in [-0.4, -0.2) is 43.3 Å². The number of furan rings is 1. The quantitative estimate of drug-likeness (QED) is 0.665. The van der Waals surface area contributed by atoms with Gasteiger partial charge in [0.1, 0.15) is 11.5 Å². The van der Waals surface area contributed by atoms with Gasteiger partial charge in [0.15, 0.2) is 10.8 Å². The molecule has 152 valence electrons. The standard InChI is InChI=1S/C19H18FN3O4S2/c20-13-3-5-15(6-4-13)29(25,26)22-14-7-9-23(10-8-14)19(24)16-12-28-18(21-16)17-2-1-11-27-17/h1-6,11-12,14,22H,7-10H2. The molecule has 0 saturated carbocycles. The van der Waals surface area contributed by atoms with Crippen molar-refractivity contribution in [2.75, 3.05) is 13.1 Å². The third-order valence-corrected chi connectivity index (χ3v) is 7.08. The summed E-state index contributed by atoms with van der Waals surface area (Å²) in [7, 11) is -3.73. The van der Waals surface area contributed by atoms with Crippen molar-refractivity contribution in [2.45, 2.75) is 23.8 Å². The van der Waals surface area contributed by atoms with Crippen LogP contribution in [0.25, 0.3) is 10.8 Å². The van der Waals surface area contributed by atoms with Crippen LogP contribution in [0, 0.1) is 5.82 Å². The number of rotatable bonds is 5. The maximum Gasteiger partial charge on any atom is 0.273 e. The Morgan fingerprint density at radius 2 is 1.93 bits per heavy atom. The summed E-state index contributed by atoms with van der Waals surface area (Å²) < 4.78 is 45.8. The summed E-state index contributed by atoms with van der Waals surface area (Å²) in [5.74, 6) is -0.0603. The van der Waals surface area contributed by atoms with E-state index in [1.807, 2.05) is 0 Å². The summed E-state index contributed by atoms with van der Waals surface area (Å²) in [5, 5.41) is 2.34. The molecule has 1 N–H and O–H groups in total. The third-order valence-electron chi connectivity index (χ3n) is 4.68. The fourth-order valence-electron chi connectivity index (χ4n) is 3.15. The van der Waals surface area contributed by atoms with Gasteiger partial charge in [0, 0.05) is 24.5 Å². The van der Waals surface area contributed by atoms with Gasteiger partial charge in [-0.2, -0.15) is 0 Å². The Morgan fingerprint density at radius 1 is 1.21 bits per heavy atom. The molecule has 0 aliphatic carbocycles. The molecule has 1 aliphatic rings. The Labute approximate surface area is 171 Å². The lowest BCUT2D eigenvalue weighted by molar-refractivity contribution is 0.0706. The second-order valence-electron chi connectivity index (χ2n) is 6.66. The Kier molecular flexibility index (Phi) is 5.48. The zero-order valence-electron chi connectivity index (χ0n) is 15.2. The molecule has 3 aromatic rings. The monoisotopic (exact) mass is 435 g/mol. The van der Waals surface area contributed by atoms with Crippen molar-refractivity contribution in [2.24, 2.45) is 0 Å². The minimum absolute atomic E-state index is 0.0188. The largest absolute Gasteiger partial charge is 0.462 e.